The van der Waals surface area contributed by atoms with Gasteiger partial charge in [-0.3, -0.25) is 15.8 Å². The number of hydrogen-bond acceptors (Lipinski definition) is 3. The van der Waals surface area contributed by atoms with Crippen molar-refractivity contribution in [3.63, 3.8) is 0 Å². The first-order valence-electron chi connectivity index (χ1n) is 4.77. The summed E-state index contributed by atoms with van der Waals surface area (Å²) in [6.07, 6.45) is 2.06. The number of nitrogens with zero attached hydrogens (tertiary/aromatic N) is 1. The van der Waals surface area contributed by atoms with E-state index in [2.05, 4.69) is 15.8 Å². The lowest BCUT2D eigenvalue weighted by molar-refractivity contribution is 0.944. The minimum absolute atomic E-state index is 0. The molecular formula is C10H12Cl3N3. The van der Waals surface area contributed by atoms with Crippen LogP contribution in [0, 0.1) is 0 Å². The molecule has 0 saturated carbocycles. The van der Waals surface area contributed by atoms with E-state index in [1.54, 1.807) is 12.1 Å². The smallest absolute Gasteiger partial charge is 0.115 e. The number of halogens is 3. The molecule has 2 rings (SSSR count). The van der Waals surface area contributed by atoms with Crippen LogP contribution in [0.5, 0.6) is 0 Å². The SMILES string of the molecule is Cl.Clc1cccc(Cl)c1NNC1=NCCC1. The molecule has 1 aromatic rings. The Morgan fingerprint density at radius 1 is 1.12 bits per heavy atom. The molecule has 0 fully saturated rings. The number of hydrogen-bond donors (Lipinski definition) is 2. The largest absolute Gasteiger partial charge is 0.297 e. The number of rotatable bonds is 2. The number of para-hydroxylation sites is 1. The van der Waals surface area contributed by atoms with E-state index in [4.69, 9.17) is 23.2 Å². The standard InChI is InChI=1S/C10H11Cl2N3.ClH/c11-7-3-1-4-8(12)10(7)15-14-9-5-2-6-13-9;/h1,3-4,15H,2,5-6H2,(H,13,14);1H. The molecule has 0 bridgehead atoms. The third kappa shape index (κ3) is 3.17. The molecule has 0 unspecified atom stereocenters. The average Bonchev–Trinajstić information content (AvgIpc) is 2.70. The number of anilines is 1. The van der Waals surface area contributed by atoms with Crippen LogP contribution in [0.3, 0.4) is 0 Å². The Hall–Kier alpha value is -0.640. The van der Waals surface area contributed by atoms with Gasteiger partial charge in [-0.15, -0.1) is 12.4 Å². The van der Waals surface area contributed by atoms with E-state index >= 15 is 0 Å². The summed E-state index contributed by atoms with van der Waals surface area (Å²) in [4.78, 5) is 4.27. The zero-order valence-electron chi connectivity index (χ0n) is 8.46. The second kappa shape index (κ2) is 6.18. The van der Waals surface area contributed by atoms with E-state index in [-0.39, 0.29) is 12.4 Å². The molecule has 0 radical (unpaired) electrons. The first kappa shape index (κ1) is 13.4. The first-order valence-corrected chi connectivity index (χ1v) is 5.52. The number of amidine groups is 1. The Labute approximate surface area is 111 Å². The Balaban J connectivity index is 0.00000128. The third-order valence-electron chi connectivity index (χ3n) is 2.17. The Kier molecular flexibility index (Phi) is 5.19. The highest BCUT2D eigenvalue weighted by atomic mass is 35.5. The molecular weight excluding hydrogens is 268 g/mol. The van der Waals surface area contributed by atoms with Gasteiger partial charge in [-0.05, 0) is 18.6 Å². The topological polar surface area (TPSA) is 36.4 Å². The van der Waals surface area contributed by atoms with Gasteiger partial charge >= 0.3 is 0 Å². The van der Waals surface area contributed by atoms with Gasteiger partial charge in [-0.1, -0.05) is 29.3 Å². The number of benzene rings is 1. The molecule has 0 aromatic heterocycles. The molecule has 3 nitrogen and oxygen atoms in total. The molecule has 0 aliphatic carbocycles. The van der Waals surface area contributed by atoms with Crippen molar-refractivity contribution in [2.75, 3.05) is 12.0 Å². The molecule has 0 atom stereocenters. The van der Waals surface area contributed by atoms with E-state index in [0.29, 0.717) is 15.7 Å². The number of aliphatic imine (C=N–C) groups is 1. The van der Waals surface area contributed by atoms with Crippen LogP contribution in [0.25, 0.3) is 0 Å². The van der Waals surface area contributed by atoms with Gasteiger partial charge in [0.1, 0.15) is 5.84 Å². The van der Waals surface area contributed by atoms with Crippen LogP contribution in [0.2, 0.25) is 10.0 Å². The van der Waals surface area contributed by atoms with Gasteiger partial charge in [0.2, 0.25) is 0 Å². The molecule has 16 heavy (non-hydrogen) atoms. The van der Waals surface area contributed by atoms with Crippen molar-refractivity contribution in [3.8, 4) is 0 Å². The highest BCUT2D eigenvalue weighted by Crippen LogP contribution is 2.28. The van der Waals surface area contributed by atoms with Crippen molar-refractivity contribution < 1.29 is 0 Å². The summed E-state index contributed by atoms with van der Waals surface area (Å²) in [5.74, 6) is 0.950. The minimum atomic E-state index is 0. The summed E-state index contributed by atoms with van der Waals surface area (Å²) >= 11 is 12.0. The maximum atomic E-state index is 5.99. The van der Waals surface area contributed by atoms with Crippen LogP contribution in [0.4, 0.5) is 5.69 Å². The van der Waals surface area contributed by atoms with Crippen LogP contribution in [-0.4, -0.2) is 12.4 Å². The van der Waals surface area contributed by atoms with Crippen molar-refractivity contribution >= 4 is 47.1 Å². The predicted octanol–water partition coefficient (Wildman–Crippen LogP) is 3.52. The fourth-order valence-corrected chi connectivity index (χ4v) is 1.89. The lowest BCUT2D eigenvalue weighted by atomic mass is 10.3. The molecule has 1 aliphatic rings. The van der Waals surface area contributed by atoms with Gasteiger partial charge in [0, 0.05) is 13.0 Å². The second-order valence-corrected chi connectivity index (χ2v) is 4.09. The summed E-state index contributed by atoms with van der Waals surface area (Å²) in [5.41, 5.74) is 6.68. The Bertz CT molecular complexity index is 373. The van der Waals surface area contributed by atoms with Crippen LogP contribution in [-0.2, 0) is 0 Å². The molecule has 1 heterocycles. The predicted molar refractivity (Wildman–Crippen MR) is 72.0 cm³/mol. The van der Waals surface area contributed by atoms with Crippen molar-refractivity contribution in [3.05, 3.63) is 28.2 Å². The summed E-state index contributed by atoms with van der Waals surface area (Å²) < 4.78 is 0. The van der Waals surface area contributed by atoms with Crippen LogP contribution < -0.4 is 10.9 Å². The van der Waals surface area contributed by atoms with E-state index in [9.17, 15) is 0 Å². The van der Waals surface area contributed by atoms with E-state index in [0.717, 1.165) is 25.2 Å². The van der Waals surface area contributed by atoms with E-state index in [1.165, 1.54) is 0 Å². The zero-order chi connectivity index (χ0) is 10.7. The third-order valence-corrected chi connectivity index (χ3v) is 2.80. The highest BCUT2D eigenvalue weighted by molar-refractivity contribution is 6.39. The Morgan fingerprint density at radius 3 is 2.38 bits per heavy atom. The van der Waals surface area contributed by atoms with Crippen molar-refractivity contribution in [1.82, 2.24) is 5.43 Å². The first-order chi connectivity index (χ1) is 7.27. The molecule has 2 N–H and O–H groups in total. The zero-order valence-corrected chi connectivity index (χ0v) is 10.8. The fourth-order valence-electron chi connectivity index (χ4n) is 1.39. The van der Waals surface area contributed by atoms with Crippen LogP contribution >= 0.6 is 35.6 Å². The summed E-state index contributed by atoms with van der Waals surface area (Å²) in [6, 6.07) is 5.38. The monoisotopic (exact) mass is 279 g/mol. The van der Waals surface area contributed by atoms with Crippen molar-refractivity contribution in [1.29, 1.82) is 0 Å². The highest BCUT2D eigenvalue weighted by Gasteiger charge is 2.08. The van der Waals surface area contributed by atoms with Gasteiger partial charge in [0.15, 0.2) is 0 Å². The lowest BCUT2D eigenvalue weighted by Crippen LogP contribution is -2.28. The molecule has 88 valence electrons. The quantitative estimate of drug-likeness (QED) is 0.813. The Morgan fingerprint density at radius 2 is 1.81 bits per heavy atom. The van der Waals surface area contributed by atoms with Gasteiger partial charge in [-0.2, -0.15) is 0 Å². The molecule has 0 saturated heterocycles. The van der Waals surface area contributed by atoms with E-state index < -0.39 is 0 Å². The number of hydrazine groups is 1. The maximum absolute atomic E-state index is 5.99. The van der Waals surface area contributed by atoms with Gasteiger partial charge in [0.05, 0.1) is 15.7 Å². The van der Waals surface area contributed by atoms with Crippen LogP contribution in [0.1, 0.15) is 12.8 Å². The van der Waals surface area contributed by atoms with Gasteiger partial charge in [-0.25, -0.2) is 0 Å². The molecule has 6 heteroatoms. The van der Waals surface area contributed by atoms with Gasteiger partial charge in [0.25, 0.3) is 0 Å². The maximum Gasteiger partial charge on any atom is 0.115 e. The van der Waals surface area contributed by atoms with Crippen LogP contribution in [0.15, 0.2) is 23.2 Å². The molecule has 0 amide bonds. The summed E-state index contributed by atoms with van der Waals surface area (Å²) in [5, 5.41) is 1.18. The summed E-state index contributed by atoms with van der Waals surface area (Å²) in [6.45, 7) is 0.889. The van der Waals surface area contributed by atoms with Gasteiger partial charge < -0.3 is 0 Å². The summed E-state index contributed by atoms with van der Waals surface area (Å²) in [7, 11) is 0. The second-order valence-electron chi connectivity index (χ2n) is 3.28. The lowest BCUT2D eigenvalue weighted by Gasteiger charge is -2.11. The normalized spacial score (nSPS) is 14.0. The molecule has 1 aliphatic heterocycles. The average molecular weight is 281 g/mol. The molecule has 0 spiro atoms. The fraction of sp³-hybridized carbons (Fsp3) is 0.300. The van der Waals surface area contributed by atoms with Crippen molar-refractivity contribution in [2.24, 2.45) is 4.99 Å². The van der Waals surface area contributed by atoms with E-state index in [1.807, 2.05) is 6.07 Å². The number of nitrogens with one attached hydrogen (secondary N) is 2. The minimum Gasteiger partial charge on any atom is -0.297 e. The molecule has 1 aromatic carbocycles. The van der Waals surface area contributed by atoms with Crippen molar-refractivity contribution in [2.45, 2.75) is 12.8 Å².